The Balaban J connectivity index is 1.38. The predicted octanol–water partition coefficient (Wildman–Crippen LogP) is 15.2. The fourth-order valence-electron chi connectivity index (χ4n) is 6.79. The molecule has 1 heteroatoms. The van der Waals surface area contributed by atoms with Crippen LogP contribution in [0.25, 0.3) is 110 Å². The molecule has 11 rings (SSSR count). The van der Waals surface area contributed by atoms with Gasteiger partial charge in [-0.2, -0.15) is 0 Å². The van der Waals surface area contributed by atoms with E-state index < -0.39 is 297 Å². The molecule has 0 saturated heterocycles. The molecule has 54 heavy (non-hydrogen) atoms. The number of hydrogen-bond acceptors (Lipinski definition) is 1. The number of rotatable bonds is 4. The lowest BCUT2D eigenvalue weighted by Crippen LogP contribution is -1.94. The molecule has 0 radical (unpaired) electrons. The fraction of sp³-hybridized carbons (Fsp3) is 0.0189. The Hall–Kier alpha value is -6.96. The summed E-state index contributed by atoms with van der Waals surface area (Å²) in [6.45, 7) is 1.20. The number of fused-ring (bicyclic) bond motifs is 7. The normalized spacial score (nSPS) is 19.8. The molecular formula is C53H34O. The molecule has 10 aromatic carbocycles. The van der Waals surface area contributed by atoms with Gasteiger partial charge in [0.05, 0.1) is 42.5 Å². The van der Waals surface area contributed by atoms with Crippen molar-refractivity contribution in [3.63, 3.8) is 0 Å². The van der Waals surface area contributed by atoms with Crippen molar-refractivity contribution in [1.82, 2.24) is 0 Å². The summed E-state index contributed by atoms with van der Waals surface area (Å²) in [5.74, 6) is 0. The van der Waals surface area contributed by atoms with E-state index in [2.05, 4.69) is 0 Å². The minimum atomic E-state index is -0.994. The Kier molecular flexibility index (Phi) is 2.87. The van der Waals surface area contributed by atoms with E-state index >= 15 is 0 Å². The first-order valence-corrected chi connectivity index (χ1v) is 16.2. The van der Waals surface area contributed by atoms with E-state index in [-0.39, 0.29) is 5.56 Å². The molecule has 0 aliphatic rings. The van der Waals surface area contributed by atoms with Gasteiger partial charge in [0.2, 0.25) is 0 Å². The third kappa shape index (κ3) is 4.65. The molecule has 0 unspecified atom stereocenters. The minimum Gasteiger partial charge on any atom is -0.455 e. The maximum Gasteiger partial charge on any atom is 0.143 e. The highest BCUT2D eigenvalue weighted by atomic mass is 16.3. The highest BCUT2D eigenvalue weighted by Crippen LogP contribution is 2.47. The first-order chi connectivity index (χ1) is 39.6. The predicted molar refractivity (Wildman–Crippen MR) is 230 cm³/mol. The lowest BCUT2D eigenvalue weighted by molar-refractivity contribution is 0.670. The Bertz CT molecular complexity index is 4970. The molecule has 0 fully saturated rings. The molecule has 11 aromatic rings. The summed E-state index contributed by atoms with van der Waals surface area (Å²) < 4.78 is 288. The topological polar surface area (TPSA) is 13.1 Å². The smallest absolute Gasteiger partial charge is 0.143 e. The van der Waals surface area contributed by atoms with Crippen molar-refractivity contribution in [2.24, 2.45) is 0 Å². The molecule has 0 aliphatic carbocycles. The van der Waals surface area contributed by atoms with Crippen molar-refractivity contribution in [1.29, 1.82) is 0 Å². The first-order valence-electron chi connectivity index (χ1n) is 31.7. The lowest BCUT2D eigenvalue weighted by atomic mass is 9.83. The average molecular weight is 718 g/mol. The van der Waals surface area contributed by atoms with E-state index in [0.29, 0.717) is 0 Å². The van der Waals surface area contributed by atoms with Crippen molar-refractivity contribution in [2.75, 3.05) is 0 Å². The van der Waals surface area contributed by atoms with Crippen LogP contribution in [-0.2, 0) is 0 Å². The monoisotopic (exact) mass is 717 g/mol. The zero-order valence-electron chi connectivity index (χ0n) is 58.4. The molecule has 0 atom stereocenters. The van der Waals surface area contributed by atoms with E-state index in [0.717, 1.165) is 0 Å². The highest BCUT2D eigenvalue weighted by Gasteiger charge is 2.20. The van der Waals surface area contributed by atoms with Gasteiger partial charge in [-0.15, -0.1) is 0 Å². The molecule has 1 heterocycles. The van der Waals surface area contributed by atoms with Gasteiger partial charge in [0.15, 0.2) is 0 Å². The van der Waals surface area contributed by atoms with E-state index in [1.807, 2.05) is 0 Å². The molecule has 0 bridgehead atoms. The fourth-order valence-corrected chi connectivity index (χ4v) is 6.79. The summed E-state index contributed by atoms with van der Waals surface area (Å²) in [6, 6.07) is -28.4. The maximum absolute atomic E-state index is 9.89. The second-order valence-corrected chi connectivity index (χ2v) is 12.0. The SMILES string of the molecule is [2H]c1c([2H])c([2H])c(-c2c([2H])c([2H])c([2H])c3c2oc2c([2H])c([2H])c(-c4c([2H])c([2H])c([2H])c5c([2H])c([2H])c(-c6c7c([2H])c([2H])c([2H])c([2H])c7c(-c7c([2H])c([2H])c8c([2H])c([2H])c([2H])c([2H])c8c7[2H])c7c([2H])c([2H])c([2H])c([2H])c67)c(C)c45)c([2H])c23)c([2H])c1[2H]. The summed E-state index contributed by atoms with van der Waals surface area (Å²) in [4.78, 5) is 0. The van der Waals surface area contributed by atoms with Gasteiger partial charge in [-0.3, -0.25) is 0 Å². The Morgan fingerprint density at radius 1 is 0.370 bits per heavy atom. The van der Waals surface area contributed by atoms with Gasteiger partial charge < -0.3 is 4.42 Å². The largest absolute Gasteiger partial charge is 0.455 e. The second kappa shape index (κ2) is 12.0. The maximum atomic E-state index is 9.89. The lowest BCUT2D eigenvalue weighted by Gasteiger charge is -2.20. The molecule has 1 aromatic heterocycles. The zero-order valence-corrected chi connectivity index (χ0v) is 27.4. The van der Waals surface area contributed by atoms with Gasteiger partial charge in [-0.05, 0) is 113 Å². The van der Waals surface area contributed by atoms with Crippen molar-refractivity contribution < 1.29 is 46.9 Å². The first kappa shape index (κ1) is 12.9. The third-order valence-corrected chi connectivity index (χ3v) is 9.12. The molecule has 0 saturated carbocycles. The third-order valence-electron chi connectivity index (χ3n) is 9.12. The van der Waals surface area contributed by atoms with Crippen LogP contribution < -0.4 is 0 Å². The van der Waals surface area contributed by atoms with Crippen molar-refractivity contribution >= 4 is 65.0 Å². The van der Waals surface area contributed by atoms with Crippen molar-refractivity contribution in [2.45, 2.75) is 6.92 Å². The van der Waals surface area contributed by atoms with Gasteiger partial charge in [0, 0.05) is 16.3 Å². The van der Waals surface area contributed by atoms with Gasteiger partial charge >= 0.3 is 0 Å². The standard InChI is InChI=1S/C53H34O/c1-33-40(52-45-20-9-7-18-43(45)51(44-19-8-10-21-46(44)52)39-26-25-34-13-5-6-16-37(34)31-39)29-27-36-17-11-22-41(50(33)36)38-28-30-49-48(32-38)47-24-12-23-42(53(47)54-49)35-14-3-2-4-15-35/h2-32H,1H3/i2D,3D,4D,5D,6D,7D,8D,9D,10D,11D,12D,13D,14D,15D,16D,17D,18D,19D,20D,21D,22D,23D,24D,25D,26D,27D,28D,29D,30D,31D,32D. The van der Waals surface area contributed by atoms with Crippen LogP contribution >= 0.6 is 0 Å². The number of aryl methyl sites for hydroxylation is 1. The number of benzene rings is 10. The van der Waals surface area contributed by atoms with Crippen LogP contribution in [0.15, 0.2) is 192 Å². The summed E-state index contributed by atoms with van der Waals surface area (Å²) in [5, 5.41) is -6.29. The summed E-state index contributed by atoms with van der Waals surface area (Å²) in [6.07, 6.45) is 0. The van der Waals surface area contributed by atoms with E-state index in [1.165, 1.54) is 6.92 Å². The Morgan fingerprint density at radius 2 is 0.963 bits per heavy atom. The zero-order chi connectivity index (χ0) is 62.7. The van der Waals surface area contributed by atoms with E-state index in [9.17, 15) is 17.8 Å². The molecule has 0 aliphatic heterocycles. The molecular weight excluding hydrogens is 653 g/mol. The summed E-state index contributed by atoms with van der Waals surface area (Å²) in [7, 11) is 0. The molecule has 252 valence electrons. The second-order valence-electron chi connectivity index (χ2n) is 12.0. The number of hydrogen-bond donors (Lipinski definition) is 0. The summed E-state index contributed by atoms with van der Waals surface area (Å²) >= 11 is 0. The van der Waals surface area contributed by atoms with Crippen molar-refractivity contribution in [3.05, 3.63) is 193 Å². The average Bonchev–Trinajstić information content (AvgIpc) is 1.26. The van der Waals surface area contributed by atoms with Gasteiger partial charge in [-0.1, -0.05) is 169 Å². The molecule has 0 spiro atoms. The van der Waals surface area contributed by atoms with Crippen LogP contribution in [0.5, 0.6) is 0 Å². The Morgan fingerprint density at radius 3 is 1.74 bits per heavy atom. The van der Waals surface area contributed by atoms with E-state index in [1.54, 1.807) is 0 Å². The number of para-hydroxylation sites is 1. The van der Waals surface area contributed by atoms with Crippen molar-refractivity contribution in [3.8, 4) is 44.5 Å². The molecule has 1 nitrogen and oxygen atoms in total. The van der Waals surface area contributed by atoms with Crippen LogP contribution in [0.4, 0.5) is 0 Å². The van der Waals surface area contributed by atoms with E-state index in [4.69, 9.17) is 29.1 Å². The van der Waals surface area contributed by atoms with Gasteiger partial charge in [-0.25, -0.2) is 0 Å². The van der Waals surface area contributed by atoms with Crippen LogP contribution in [0.1, 0.15) is 48.1 Å². The van der Waals surface area contributed by atoms with Gasteiger partial charge in [0.1, 0.15) is 11.2 Å². The Labute approximate surface area is 356 Å². The summed E-state index contributed by atoms with van der Waals surface area (Å²) in [5.41, 5.74) is -7.13. The van der Waals surface area contributed by atoms with Crippen LogP contribution in [-0.4, -0.2) is 0 Å². The highest BCUT2D eigenvalue weighted by molar-refractivity contribution is 6.23. The van der Waals surface area contributed by atoms with Gasteiger partial charge in [0.25, 0.3) is 0 Å². The molecule has 0 amide bonds. The quantitative estimate of drug-likeness (QED) is 0.165. The molecule has 0 N–H and O–H groups in total. The minimum absolute atomic E-state index is 0.375. The van der Waals surface area contributed by atoms with Crippen LogP contribution in [0.3, 0.4) is 0 Å². The van der Waals surface area contributed by atoms with Crippen LogP contribution in [0.2, 0.25) is 0 Å². The number of furan rings is 1. The van der Waals surface area contributed by atoms with Crippen LogP contribution in [0, 0.1) is 6.92 Å².